The summed E-state index contributed by atoms with van der Waals surface area (Å²) in [6.07, 6.45) is 1.66. The van der Waals surface area contributed by atoms with Crippen molar-refractivity contribution in [3.63, 3.8) is 0 Å². The highest BCUT2D eigenvalue weighted by atomic mass is 35.5. The van der Waals surface area contributed by atoms with E-state index in [9.17, 15) is 4.79 Å². The predicted molar refractivity (Wildman–Crippen MR) is 109 cm³/mol. The first-order valence-corrected chi connectivity index (χ1v) is 9.48. The van der Waals surface area contributed by atoms with Gasteiger partial charge in [0.2, 0.25) is 5.91 Å². The molecule has 2 aliphatic heterocycles. The highest BCUT2D eigenvalue weighted by Crippen LogP contribution is 2.34. The summed E-state index contributed by atoms with van der Waals surface area (Å²) in [5, 5.41) is 6.49. The standard InChI is InChI=1S/C22H26N2O2.ClH/c1-15-4-7-17(8-5-15)21-20(3-2-10-26-21)22(25)24-12-16-6-9-18-13-23-14-19(18)11-16;/h4-9,11,20-21,23H,2-3,10,12-14H2,1H3,(H,24,25);1H. The van der Waals surface area contributed by atoms with E-state index in [-0.39, 0.29) is 30.3 Å². The molecular weight excluding hydrogens is 360 g/mol. The largest absolute Gasteiger partial charge is 0.373 e. The topological polar surface area (TPSA) is 50.4 Å². The van der Waals surface area contributed by atoms with E-state index < -0.39 is 0 Å². The van der Waals surface area contributed by atoms with Crippen LogP contribution in [0.15, 0.2) is 42.5 Å². The van der Waals surface area contributed by atoms with E-state index >= 15 is 0 Å². The minimum atomic E-state index is -0.145. The molecule has 0 bridgehead atoms. The summed E-state index contributed by atoms with van der Waals surface area (Å²) in [6, 6.07) is 14.8. The lowest BCUT2D eigenvalue weighted by Crippen LogP contribution is -2.37. The average Bonchev–Trinajstić information content (AvgIpc) is 3.14. The van der Waals surface area contributed by atoms with Gasteiger partial charge in [-0.25, -0.2) is 0 Å². The maximum atomic E-state index is 12.9. The van der Waals surface area contributed by atoms with Crippen LogP contribution in [0.3, 0.4) is 0 Å². The molecule has 2 atom stereocenters. The number of nitrogens with one attached hydrogen (secondary N) is 2. The number of aryl methyl sites for hydroxylation is 1. The number of hydrogen-bond acceptors (Lipinski definition) is 3. The Morgan fingerprint density at radius 3 is 2.74 bits per heavy atom. The Kier molecular flexibility index (Phi) is 6.53. The maximum absolute atomic E-state index is 12.9. The molecule has 2 aromatic carbocycles. The van der Waals surface area contributed by atoms with Crippen molar-refractivity contribution >= 4 is 18.3 Å². The fourth-order valence-electron chi connectivity index (χ4n) is 3.91. The van der Waals surface area contributed by atoms with E-state index in [0.29, 0.717) is 6.54 Å². The molecule has 2 aliphatic rings. The van der Waals surface area contributed by atoms with Crippen LogP contribution < -0.4 is 10.6 Å². The lowest BCUT2D eigenvalue weighted by molar-refractivity contribution is -0.134. The van der Waals surface area contributed by atoms with Crippen LogP contribution in [-0.2, 0) is 29.2 Å². The van der Waals surface area contributed by atoms with Crippen molar-refractivity contribution in [2.75, 3.05) is 6.61 Å². The quantitative estimate of drug-likeness (QED) is 0.840. The van der Waals surface area contributed by atoms with Crippen LogP contribution in [0.4, 0.5) is 0 Å². The van der Waals surface area contributed by atoms with Crippen molar-refractivity contribution in [1.82, 2.24) is 10.6 Å². The third kappa shape index (κ3) is 4.52. The van der Waals surface area contributed by atoms with Crippen LogP contribution >= 0.6 is 12.4 Å². The Balaban J connectivity index is 0.00000210. The van der Waals surface area contributed by atoms with Gasteiger partial charge in [0.25, 0.3) is 0 Å². The summed E-state index contributed by atoms with van der Waals surface area (Å²) in [7, 11) is 0. The van der Waals surface area contributed by atoms with E-state index in [1.54, 1.807) is 0 Å². The number of hydrogen-bond donors (Lipinski definition) is 2. The summed E-state index contributed by atoms with van der Waals surface area (Å²) in [4.78, 5) is 12.9. The van der Waals surface area contributed by atoms with Gasteiger partial charge in [-0.3, -0.25) is 4.79 Å². The Morgan fingerprint density at radius 1 is 1.15 bits per heavy atom. The van der Waals surface area contributed by atoms with Gasteiger partial charge in [0.1, 0.15) is 0 Å². The number of ether oxygens (including phenoxy) is 1. The lowest BCUT2D eigenvalue weighted by atomic mass is 9.88. The van der Waals surface area contributed by atoms with Gasteiger partial charge in [-0.1, -0.05) is 48.0 Å². The summed E-state index contributed by atoms with van der Waals surface area (Å²) in [5.74, 6) is -0.0311. The first kappa shape index (κ1) is 19.9. The smallest absolute Gasteiger partial charge is 0.226 e. The van der Waals surface area contributed by atoms with E-state index in [2.05, 4.69) is 60.0 Å². The van der Waals surface area contributed by atoms with Gasteiger partial charge in [-0.2, -0.15) is 0 Å². The number of carbonyl (C=O) groups is 1. The molecule has 0 aromatic heterocycles. The fraction of sp³-hybridized carbons (Fsp3) is 0.409. The van der Waals surface area contributed by atoms with Crippen LogP contribution in [-0.4, -0.2) is 12.5 Å². The number of fused-ring (bicyclic) bond motifs is 1. The third-order valence-corrected chi connectivity index (χ3v) is 5.43. The monoisotopic (exact) mass is 386 g/mol. The molecule has 27 heavy (non-hydrogen) atoms. The fourth-order valence-corrected chi connectivity index (χ4v) is 3.91. The van der Waals surface area contributed by atoms with Gasteiger partial charge in [0, 0.05) is 26.2 Å². The molecule has 144 valence electrons. The zero-order chi connectivity index (χ0) is 17.9. The molecule has 0 spiro atoms. The Hall–Kier alpha value is -1.88. The highest BCUT2D eigenvalue weighted by molar-refractivity contribution is 5.85. The van der Waals surface area contributed by atoms with Gasteiger partial charge < -0.3 is 15.4 Å². The minimum absolute atomic E-state index is 0. The van der Waals surface area contributed by atoms with Crippen molar-refractivity contribution in [3.05, 3.63) is 70.3 Å². The molecule has 0 aliphatic carbocycles. The second-order valence-electron chi connectivity index (χ2n) is 7.38. The molecule has 2 N–H and O–H groups in total. The van der Waals surface area contributed by atoms with Gasteiger partial charge in [0.15, 0.2) is 0 Å². The molecule has 0 saturated carbocycles. The van der Waals surface area contributed by atoms with Crippen molar-refractivity contribution in [2.24, 2.45) is 5.92 Å². The van der Waals surface area contributed by atoms with Gasteiger partial charge in [0.05, 0.1) is 12.0 Å². The molecule has 1 saturated heterocycles. The summed E-state index contributed by atoms with van der Waals surface area (Å²) in [6.45, 7) is 5.23. The molecule has 2 heterocycles. The van der Waals surface area contributed by atoms with Crippen LogP contribution in [0.25, 0.3) is 0 Å². The van der Waals surface area contributed by atoms with E-state index in [4.69, 9.17) is 4.74 Å². The number of rotatable bonds is 4. The van der Waals surface area contributed by atoms with E-state index in [1.807, 2.05) is 0 Å². The zero-order valence-electron chi connectivity index (χ0n) is 15.7. The molecule has 5 heteroatoms. The summed E-state index contributed by atoms with van der Waals surface area (Å²) >= 11 is 0. The first-order chi connectivity index (χ1) is 12.7. The number of benzene rings is 2. The molecule has 0 radical (unpaired) electrons. The van der Waals surface area contributed by atoms with Gasteiger partial charge in [-0.15, -0.1) is 12.4 Å². The van der Waals surface area contributed by atoms with Crippen molar-refractivity contribution in [2.45, 2.75) is 45.5 Å². The van der Waals surface area contributed by atoms with E-state index in [0.717, 1.165) is 43.7 Å². The number of amides is 1. The van der Waals surface area contributed by atoms with Gasteiger partial charge >= 0.3 is 0 Å². The maximum Gasteiger partial charge on any atom is 0.226 e. The average molecular weight is 387 g/mol. The molecule has 2 unspecified atom stereocenters. The van der Waals surface area contributed by atoms with Crippen molar-refractivity contribution in [3.8, 4) is 0 Å². The normalized spacial score (nSPS) is 21.2. The Labute approximate surface area is 167 Å². The van der Waals surface area contributed by atoms with Crippen LogP contribution in [0, 0.1) is 12.8 Å². The Bertz CT molecular complexity index is 791. The van der Waals surface area contributed by atoms with Crippen LogP contribution in [0.2, 0.25) is 0 Å². The second kappa shape index (κ2) is 8.87. The number of halogens is 1. The summed E-state index contributed by atoms with van der Waals surface area (Å²) < 4.78 is 5.98. The van der Waals surface area contributed by atoms with E-state index in [1.165, 1.54) is 16.7 Å². The first-order valence-electron chi connectivity index (χ1n) is 9.48. The highest BCUT2D eigenvalue weighted by Gasteiger charge is 2.32. The van der Waals surface area contributed by atoms with Gasteiger partial charge in [-0.05, 0) is 42.0 Å². The third-order valence-electron chi connectivity index (χ3n) is 5.43. The predicted octanol–water partition coefficient (Wildman–Crippen LogP) is 3.80. The minimum Gasteiger partial charge on any atom is -0.373 e. The second-order valence-corrected chi connectivity index (χ2v) is 7.38. The van der Waals surface area contributed by atoms with Crippen LogP contribution in [0.5, 0.6) is 0 Å². The SMILES string of the molecule is Cc1ccc(C2OCCCC2C(=O)NCc2ccc3c(c2)CNC3)cc1.Cl. The molecule has 1 amide bonds. The lowest BCUT2D eigenvalue weighted by Gasteiger charge is -2.31. The van der Waals surface area contributed by atoms with Crippen molar-refractivity contribution in [1.29, 1.82) is 0 Å². The molecule has 4 rings (SSSR count). The molecule has 1 fully saturated rings. The van der Waals surface area contributed by atoms with Crippen molar-refractivity contribution < 1.29 is 9.53 Å². The molecule has 2 aromatic rings. The summed E-state index contributed by atoms with van der Waals surface area (Å²) in [5.41, 5.74) is 6.18. The number of carbonyl (C=O) groups excluding carboxylic acids is 1. The Morgan fingerprint density at radius 2 is 1.93 bits per heavy atom. The molecule has 4 nitrogen and oxygen atoms in total. The molecular formula is C22H27ClN2O2. The zero-order valence-corrected chi connectivity index (χ0v) is 16.5. The van der Waals surface area contributed by atoms with Crippen LogP contribution in [0.1, 0.15) is 46.8 Å².